The van der Waals surface area contributed by atoms with E-state index in [9.17, 15) is 9.59 Å². The summed E-state index contributed by atoms with van der Waals surface area (Å²) in [5.41, 5.74) is 0.705. The van der Waals surface area contributed by atoms with Crippen molar-refractivity contribution < 1.29 is 14.3 Å². The molecule has 0 atom stereocenters. The van der Waals surface area contributed by atoms with Gasteiger partial charge in [-0.3, -0.25) is 20.2 Å². The molecule has 0 bridgehead atoms. The molecule has 6 heteroatoms. The smallest absolute Gasteiger partial charge is 0.263 e. The predicted molar refractivity (Wildman–Crippen MR) is 96.6 cm³/mol. The topological polar surface area (TPSA) is 67.4 Å². The van der Waals surface area contributed by atoms with Crippen LogP contribution < -0.4 is 15.4 Å². The van der Waals surface area contributed by atoms with Crippen LogP contribution in [0.25, 0.3) is 16.8 Å². The Morgan fingerprint density at radius 2 is 1.79 bits per heavy atom. The van der Waals surface area contributed by atoms with E-state index in [-0.39, 0.29) is 10.7 Å². The quantitative estimate of drug-likeness (QED) is 0.510. The summed E-state index contributed by atoms with van der Waals surface area (Å²) in [5.74, 6) is -0.395. The third-order valence-electron chi connectivity index (χ3n) is 3.62. The second-order valence-electron chi connectivity index (χ2n) is 5.34. The summed E-state index contributed by atoms with van der Waals surface area (Å²) in [6.07, 6.45) is 2.41. The lowest BCUT2D eigenvalue weighted by atomic mass is 10.00. The number of carbonyl (C=O) groups excluding carboxylic acids is 2. The van der Waals surface area contributed by atoms with Crippen molar-refractivity contribution in [1.29, 1.82) is 0 Å². The van der Waals surface area contributed by atoms with Crippen molar-refractivity contribution in [2.75, 3.05) is 6.61 Å². The molecule has 2 aromatic carbocycles. The SMILES string of the molecule is CCCOc1ccc2ccccc2c1C=C1C(=O)NC(=S)NC1=O. The highest BCUT2D eigenvalue weighted by molar-refractivity contribution is 7.80. The summed E-state index contributed by atoms with van der Waals surface area (Å²) in [4.78, 5) is 24.2. The molecule has 0 unspecified atom stereocenters. The molecule has 2 aromatic rings. The fourth-order valence-corrected chi connectivity index (χ4v) is 2.70. The first-order valence-electron chi connectivity index (χ1n) is 7.63. The van der Waals surface area contributed by atoms with Gasteiger partial charge in [0.05, 0.1) is 6.61 Å². The maximum absolute atomic E-state index is 12.1. The molecule has 0 saturated carbocycles. The molecule has 0 aliphatic carbocycles. The van der Waals surface area contributed by atoms with Gasteiger partial charge in [-0.25, -0.2) is 0 Å². The number of hydrogen-bond acceptors (Lipinski definition) is 4. The number of thiocarbonyl (C=S) groups is 1. The highest BCUT2D eigenvalue weighted by Crippen LogP contribution is 2.30. The average Bonchev–Trinajstić information content (AvgIpc) is 2.56. The van der Waals surface area contributed by atoms with Crippen molar-refractivity contribution in [3.63, 3.8) is 0 Å². The van der Waals surface area contributed by atoms with Gasteiger partial charge in [0, 0.05) is 5.56 Å². The molecular weight excluding hydrogens is 324 g/mol. The Morgan fingerprint density at radius 3 is 2.50 bits per heavy atom. The van der Waals surface area contributed by atoms with Gasteiger partial charge >= 0.3 is 0 Å². The van der Waals surface area contributed by atoms with Gasteiger partial charge in [-0.15, -0.1) is 0 Å². The van der Waals surface area contributed by atoms with Crippen LogP contribution in [0.2, 0.25) is 0 Å². The van der Waals surface area contributed by atoms with Crippen molar-refractivity contribution >= 4 is 46.0 Å². The summed E-state index contributed by atoms with van der Waals surface area (Å²) in [5, 5.41) is 6.81. The Kier molecular flexibility index (Phi) is 4.57. The molecule has 3 rings (SSSR count). The maximum atomic E-state index is 12.1. The van der Waals surface area contributed by atoms with Gasteiger partial charge in [0.15, 0.2) is 5.11 Å². The molecule has 24 heavy (non-hydrogen) atoms. The molecule has 0 spiro atoms. The highest BCUT2D eigenvalue weighted by Gasteiger charge is 2.26. The molecule has 2 N–H and O–H groups in total. The fourth-order valence-electron chi connectivity index (χ4n) is 2.51. The molecular formula is C18H16N2O3S. The van der Waals surface area contributed by atoms with Crippen molar-refractivity contribution in [3.05, 3.63) is 47.5 Å². The van der Waals surface area contributed by atoms with E-state index in [1.807, 2.05) is 43.3 Å². The Bertz CT molecular complexity index is 852. The van der Waals surface area contributed by atoms with Gasteiger partial charge in [0.25, 0.3) is 11.8 Å². The Morgan fingerprint density at radius 1 is 1.08 bits per heavy atom. The largest absolute Gasteiger partial charge is 0.493 e. The van der Waals surface area contributed by atoms with E-state index in [0.717, 1.165) is 17.2 Å². The lowest BCUT2D eigenvalue weighted by molar-refractivity contribution is -0.123. The molecule has 5 nitrogen and oxygen atoms in total. The van der Waals surface area contributed by atoms with Crippen molar-refractivity contribution in [2.45, 2.75) is 13.3 Å². The van der Waals surface area contributed by atoms with Crippen molar-refractivity contribution in [3.8, 4) is 5.75 Å². The van der Waals surface area contributed by atoms with E-state index in [2.05, 4.69) is 10.6 Å². The molecule has 1 heterocycles. The molecule has 1 fully saturated rings. The fraction of sp³-hybridized carbons (Fsp3) is 0.167. The number of fused-ring (bicyclic) bond motifs is 1. The van der Waals surface area contributed by atoms with Crippen LogP contribution in [0.1, 0.15) is 18.9 Å². The Balaban J connectivity index is 2.15. The van der Waals surface area contributed by atoms with E-state index < -0.39 is 11.8 Å². The Labute approximate surface area is 144 Å². The van der Waals surface area contributed by atoms with Crippen LogP contribution in [0.4, 0.5) is 0 Å². The molecule has 0 radical (unpaired) electrons. The second kappa shape index (κ2) is 6.80. The van der Waals surface area contributed by atoms with Crippen LogP contribution in [0.3, 0.4) is 0 Å². The zero-order chi connectivity index (χ0) is 17.1. The minimum absolute atomic E-state index is 0.00121. The average molecular weight is 340 g/mol. The van der Waals surface area contributed by atoms with Crippen LogP contribution in [0, 0.1) is 0 Å². The molecule has 122 valence electrons. The van der Waals surface area contributed by atoms with Gasteiger partial charge in [-0.1, -0.05) is 37.3 Å². The van der Waals surface area contributed by atoms with Gasteiger partial charge in [0.2, 0.25) is 0 Å². The maximum Gasteiger partial charge on any atom is 0.263 e. The predicted octanol–water partition coefficient (Wildman–Crippen LogP) is 2.54. The van der Waals surface area contributed by atoms with E-state index >= 15 is 0 Å². The molecule has 0 aromatic heterocycles. The number of carbonyl (C=O) groups is 2. The van der Waals surface area contributed by atoms with Crippen LogP contribution in [-0.2, 0) is 9.59 Å². The first kappa shape index (κ1) is 16.1. The van der Waals surface area contributed by atoms with E-state index in [4.69, 9.17) is 17.0 Å². The van der Waals surface area contributed by atoms with Gasteiger partial charge < -0.3 is 4.74 Å². The van der Waals surface area contributed by atoms with Gasteiger partial charge in [0.1, 0.15) is 11.3 Å². The Hall–Kier alpha value is -2.73. The number of rotatable bonds is 4. The summed E-state index contributed by atoms with van der Waals surface area (Å²) in [6, 6.07) is 11.6. The summed E-state index contributed by atoms with van der Waals surface area (Å²) < 4.78 is 5.79. The monoisotopic (exact) mass is 340 g/mol. The van der Waals surface area contributed by atoms with E-state index in [1.54, 1.807) is 6.08 Å². The zero-order valence-corrected chi connectivity index (χ0v) is 13.9. The first-order valence-corrected chi connectivity index (χ1v) is 8.04. The van der Waals surface area contributed by atoms with Crippen LogP contribution in [0.15, 0.2) is 42.0 Å². The second-order valence-corrected chi connectivity index (χ2v) is 5.75. The third-order valence-corrected chi connectivity index (χ3v) is 3.83. The lowest BCUT2D eigenvalue weighted by Gasteiger charge is -2.17. The molecule has 2 amide bonds. The normalized spacial score (nSPS) is 14.4. The highest BCUT2D eigenvalue weighted by atomic mass is 32.1. The minimum Gasteiger partial charge on any atom is -0.493 e. The van der Waals surface area contributed by atoms with Crippen molar-refractivity contribution in [1.82, 2.24) is 10.6 Å². The summed E-state index contributed by atoms with van der Waals surface area (Å²) in [7, 11) is 0. The van der Waals surface area contributed by atoms with E-state index in [1.165, 1.54) is 0 Å². The number of nitrogens with one attached hydrogen (secondary N) is 2. The van der Waals surface area contributed by atoms with Gasteiger partial charge in [-0.05, 0) is 41.6 Å². The number of ether oxygens (including phenoxy) is 1. The summed E-state index contributed by atoms with van der Waals surface area (Å²) >= 11 is 4.82. The van der Waals surface area contributed by atoms with Crippen LogP contribution in [-0.4, -0.2) is 23.5 Å². The molecule has 1 aliphatic rings. The van der Waals surface area contributed by atoms with Crippen LogP contribution >= 0.6 is 12.2 Å². The molecule has 1 aliphatic heterocycles. The zero-order valence-electron chi connectivity index (χ0n) is 13.1. The number of hydrogen-bond donors (Lipinski definition) is 2. The van der Waals surface area contributed by atoms with E-state index in [0.29, 0.717) is 17.9 Å². The van der Waals surface area contributed by atoms with Gasteiger partial charge in [-0.2, -0.15) is 0 Å². The molecule has 1 saturated heterocycles. The third kappa shape index (κ3) is 3.14. The first-order chi connectivity index (χ1) is 11.6. The minimum atomic E-state index is -0.516. The van der Waals surface area contributed by atoms with Crippen LogP contribution in [0.5, 0.6) is 5.75 Å². The standard InChI is InChI=1S/C18H16N2O3S/c1-2-9-23-15-8-7-11-5-3-4-6-12(11)13(15)10-14-16(21)19-18(24)20-17(14)22/h3-8,10H,2,9H2,1H3,(H2,19,20,21,22,24). The van der Waals surface area contributed by atoms with Crippen molar-refractivity contribution in [2.24, 2.45) is 0 Å². The lowest BCUT2D eigenvalue weighted by Crippen LogP contribution is -2.51. The number of benzene rings is 2. The summed E-state index contributed by atoms with van der Waals surface area (Å²) in [6.45, 7) is 2.57. The number of amides is 2.